The van der Waals surface area contributed by atoms with E-state index in [4.69, 9.17) is 18.9 Å². The number of carboxylic acid groups (broad SMARTS) is 2. The lowest BCUT2D eigenvalue weighted by atomic mass is 9.74. The van der Waals surface area contributed by atoms with Gasteiger partial charge in [0.15, 0.2) is 23.4 Å². The number of carboxylic acids is 2. The molecule has 370 valence electrons. The molecule has 0 aliphatic carbocycles. The molecule has 5 aliphatic heterocycles. The van der Waals surface area contributed by atoms with E-state index in [0.29, 0.717) is 17.5 Å². The number of ether oxygens (including phenoxy) is 4. The summed E-state index contributed by atoms with van der Waals surface area (Å²) < 4.78 is 60.6. The maximum atomic E-state index is 13.2. The SMILES string of the molecule is Cc1c2nc(C(=O)O)cc(OCCOCCOCCNC(=O)Cc3ccc4c(c3)C(C)(C)C3=C5C=C6C7=[N+](CCC6OC5CCN34)c3ccc(S(=O)(=O)O)cc3C7(C)C)c2cc2c(=O)cc(C(=O)O)[nH]c12. The largest absolute Gasteiger partial charge is 0.490 e. The zero-order valence-electron chi connectivity index (χ0n) is 39.9. The first-order valence-electron chi connectivity index (χ1n) is 23.6. The van der Waals surface area contributed by atoms with Crippen LogP contribution >= 0.6 is 0 Å². The number of aromatic carboxylic acids is 2. The van der Waals surface area contributed by atoms with E-state index in [-0.39, 0.29) is 96.0 Å². The number of allylic oxidation sites excluding steroid dienone is 1. The van der Waals surface area contributed by atoms with Gasteiger partial charge in [0.25, 0.3) is 10.1 Å². The van der Waals surface area contributed by atoms with E-state index in [1.165, 1.54) is 23.9 Å². The summed E-state index contributed by atoms with van der Waals surface area (Å²) >= 11 is 0. The molecule has 71 heavy (non-hydrogen) atoms. The smallest absolute Gasteiger partial charge is 0.354 e. The molecule has 2 atom stereocenters. The number of anilines is 1. The minimum atomic E-state index is -4.37. The first kappa shape index (κ1) is 47.9. The number of rotatable bonds is 15. The van der Waals surface area contributed by atoms with Crippen LogP contribution in [0.2, 0.25) is 0 Å². The van der Waals surface area contributed by atoms with Gasteiger partial charge in [-0.05, 0) is 74.2 Å². The molecule has 7 heterocycles. The molecular weight excluding hydrogens is 935 g/mol. The van der Waals surface area contributed by atoms with Gasteiger partial charge in [-0.2, -0.15) is 13.0 Å². The number of amides is 1. The van der Waals surface area contributed by atoms with Gasteiger partial charge in [0.2, 0.25) is 11.6 Å². The second kappa shape index (κ2) is 17.8. The summed E-state index contributed by atoms with van der Waals surface area (Å²) in [4.78, 5) is 58.7. The number of pyridine rings is 2. The van der Waals surface area contributed by atoms with Crippen molar-refractivity contribution in [1.29, 1.82) is 0 Å². The van der Waals surface area contributed by atoms with Crippen molar-refractivity contribution in [2.75, 3.05) is 57.6 Å². The minimum absolute atomic E-state index is 0.0443. The van der Waals surface area contributed by atoms with E-state index in [0.717, 1.165) is 76.9 Å². The molecule has 19 heteroatoms. The molecule has 0 saturated carbocycles. The monoisotopic (exact) mass is 988 g/mol. The third kappa shape index (κ3) is 8.38. The molecule has 1 amide bonds. The maximum absolute atomic E-state index is 13.2. The van der Waals surface area contributed by atoms with Crippen LogP contribution in [0, 0.1) is 6.92 Å². The Kier molecular flexibility index (Phi) is 12.0. The number of aromatic amines is 1. The van der Waals surface area contributed by atoms with Crippen LogP contribution in [0.4, 0.5) is 11.4 Å². The third-order valence-corrected chi connectivity index (χ3v) is 15.3. The fourth-order valence-electron chi connectivity index (χ4n) is 11.2. The molecule has 5 aliphatic rings. The Morgan fingerprint density at radius 3 is 2.41 bits per heavy atom. The molecule has 5 N–H and O–H groups in total. The highest BCUT2D eigenvalue weighted by molar-refractivity contribution is 7.85. The fourth-order valence-corrected chi connectivity index (χ4v) is 11.7. The van der Waals surface area contributed by atoms with Gasteiger partial charge in [-0.15, -0.1) is 0 Å². The van der Waals surface area contributed by atoms with Crippen LogP contribution in [-0.4, -0.2) is 126 Å². The Hall–Kier alpha value is -6.77. The third-order valence-electron chi connectivity index (χ3n) is 14.4. The van der Waals surface area contributed by atoms with Gasteiger partial charge in [-0.1, -0.05) is 26.0 Å². The Morgan fingerprint density at radius 2 is 1.66 bits per heavy atom. The molecule has 2 aromatic heterocycles. The number of aromatic nitrogens is 2. The zero-order chi connectivity index (χ0) is 50.3. The molecule has 0 spiro atoms. The van der Waals surface area contributed by atoms with Gasteiger partial charge in [-0.25, -0.2) is 14.6 Å². The summed E-state index contributed by atoms with van der Waals surface area (Å²) in [5.74, 6) is -2.55. The number of hydrogen-bond acceptors (Lipinski definition) is 12. The van der Waals surface area contributed by atoms with Crippen molar-refractivity contribution < 1.29 is 61.1 Å². The number of nitrogens with zero attached hydrogens (tertiary/aromatic N) is 3. The van der Waals surface area contributed by atoms with E-state index < -0.39 is 38.3 Å². The molecule has 0 fully saturated rings. The average molecular weight is 989 g/mol. The second-order valence-electron chi connectivity index (χ2n) is 19.6. The van der Waals surface area contributed by atoms with Crippen molar-refractivity contribution in [1.82, 2.24) is 15.3 Å². The Labute approximate surface area is 408 Å². The van der Waals surface area contributed by atoms with E-state index in [1.54, 1.807) is 19.1 Å². The first-order chi connectivity index (χ1) is 33.7. The molecule has 10 rings (SSSR count). The van der Waals surface area contributed by atoms with Crippen molar-refractivity contribution in [3.63, 3.8) is 0 Å². The van der Waals surface area contributed by atoms with Crippen molar-refractivity contribution in [2.24, 2.45) is 0 Å². The van der Waals surface area contributed by atoms with E-state index in [1.807, 2.05) is 6.07 Å². The Balaban J connectivity index is 0.730. The summed E-state index contributed by atoms with van der Waals surface area (Å²) in [6.07, 6.45) is 3.97. The molecule has 0 bridgehead atoms. The van der Waals surface area contributed by atoms with Gasteiger partial charge in [0.05, 0.1) is 66.4 Å². The zero-order valence-corrected chi connectivity index (χ0v) is 40.7. The van der Waals surface area contributed by atoms with Crippen molar-refractivity contribution >= 4 is 66.9 Å². The van der Waals surface area contributed by atoms with E-state index in [9.17, 15) is 42.4 Å². The number of nitrogens with one attached hydrogen (secondary N) is 2. The van der Waals surface area contributed by atoms with Gasteiger partial charge >= 0.3 is 11.9 Å². The van der Waals surface area contributed by atoms with Crippen LogP contribution in [0.1, 0.15) is 83.8 Å². The fraction of sp³-hybridized carbons (Fsp3) is 0.385. The highest BCUT2D eigenvalue weighted by Crippen LogP contribution is 2.54. The Bertz CT molecular complexity index is 3410. The molecule has 5 aromatic rings. The lowest BCUT2D eigenvalue weighted by molar-refractivity contribution is -0.445. The topological polar surface area (TPSA) is 247 Å². The standard InChI is InChI=1S/C52H53N5O13S/c1-27-45-30(40(58)25-36(54-45)49(60)61)23-31-43(26-37(50(62)63)55-46(27)31)69-19-18-68-17-16-67-15-12-53-44(59)21-28-6-8-38-34(20-28)51(2,3)47-32-24-33-42(70-41(32)10-13-56(38)47)11-14-57-39-9-7-29(71(64,65)66)22-35(39)52(4,5)48(33)57/h6-9,20,22-26,41-42H,10-19,21H2,1-5H3,(H4-,53,54,55,58,59,60,61,62,63,64,65,66)/p+1. The summed E-state index contributed by atoms with van der Waals surface area (Å²) in [7, 11) is -4.37. The first-order valence-corrected chi connectivity index (χ1v) is 25.0. The van der Waals surface area contributed by atoms with Crippen LogP contribution in [0.25, 0.3) is 21.8 Å². The predicted octanol–water partition coefficient (Wildman–Crippen LogP) is 5.73. The normalized spacial score (nSPS) is 19.4. The van der Waals surface area contributed by atoms with Crippen LogP contribution in [0.15, 0.2) is 87.2 Å². The minimum Gasteiger partial charge on any atom is -0.490 e. The molecule has 18 nitrogen and oxygen atoms in total. The summed E-state index contributed by atoms with van der Waals surface area (Å²) in [6.45, 7) is 13.0. The van der Waals surface area contributed by atoms with Crippen molar-refractivity contribution in [2.45, 2.75) is 81.8 Å². The lowest BCUT2D eigenvalue weighted by Crippen LogP contribution is -2.47. The van der Waals surface area contributed by atoms with Gasteiger partial charge < -0.3 is 44.4 Å². The molecule has 0 radical (unpaired) electrons. The van der Waals surface area contributed by atoms with Crippen LogP contribution in [-0.2, 0) is 46.4 Å². The molecule has 2 unspecified atom stereocenters. The number of carbonyl (C=O) groups is 3. The average Bonchev–Trinajstić information content (AvgIpc) is 3.70. The van der Waals surface area contributed by atoms with Gasteiger partial charge in [0, 0.05) is 82.0 Å². The summed E-state index contributed by atoms with van der Waals surface area (Å²) in [5, 5.41) is 22.7. The number of H-pyrrole nitrogens is 1. The molecular formula is C52H54N5O13S+. The lowest BCUT2D eigenvalue weighted by Gasteiger charge is -2.42. The van der Waals surface area contributed by atoms with Gasteiger partial charge in [-0.3, -0.25) is 14.1 Å². The van der Waals surface area contributed by atoms with Crippen LogP contribution in [0.5, 0.6) is 5.75 Å². The quantitative estimate of drug-likeness (QED) is 0.0364. The number of fused-ring (bicyclic) bond motifs is 10. The molecule has 0 saturated heterocycles. The highest BCUT2D eigenvalue weighted by atomic mass is 32.2. The van der Waals surface area contributed by atoms with Crippen molar-refractivity contribution in [3.8, 4) is 5.75 Å². The number of benzene rings is 3. The van der Waals surface area contributed by atoms with Crippen LogP contribution < -0.4 is 20.4 Å². The maximum Gasteiger partial charge on any atom is 0.354 e. The summed E-state index contributed by atoms with van der Waals surface area (Å²) in [6, 6.07) is 14.9. The second-order valence-corrected chi connectivity index (χ2v) is 21.0. The van der Waals surface area contributed by atoms with E-state index >= 15 is 0 Å². The number of hydrogen-bond donors (Lipinski definition) is 5. The van der Waals surface area contributed by atoms with E-state index in [2.05, 4.69) is 70.7 Å². The Morgan fingerprint density at radius 1 is 0.901 bits per heavy atom. The van der Waals surface area contributed by atoms with Gasteiger partial charge in [0.1, 0.15) is 18.1 Å². The summed E-state index contributed by atoms with van der Waals surface area (Å²) in [5.41, 5.74) is 8.28. The predicted molar refractivity (Wildman–Crippen MR) is 261 cm³/mol. The number of aryl methyl sites for hydroxylation is 1. The highest BCUT2D eigenvalue weighted by Gasteiger charge is 2.54. The van der Waals surface area contributed by atoms with Crippen LogP contribution in [0.3, 0.4) is 0 Å². The number of carbonyl (C=O) groups excluding carboxylic acids is 1. The van der Waals surface area contributed by atoms with Crippen molar-refractivity contribution in [3.05, 3.63) is 121 Å². The molecule has 3 aromatic carbocycles.